The molecule has 2 unspecified atom stereocenters. The Morgan fingerprint density at radius 3 is 2.48 bits per heavy atom. The van der Waals surface area contributed by atoms with E-state index >= 15 is 0 Å². The summed E-state index contributed by atoms with van der Waals surface area (Å²) >= 11 is 0. The van der Waals surface area contributed by atoms with Gasteiger partial charge in [0.05, 0.1) is 0 Å². The Morgan fingerprint density at radius 2 is 1.90 bits per heavy atom. The Morgan fingerprint density at radius 1 is 1.19 bits per heavy atom. The SMILES string of the molecule is CCCCc1ccc(N2CC(CC)NCC2C(C)C)cc1. The van der Waals surface area contributed by atoms with Gasteiger partial charge in [0, 0.05) is 30.9 Å². The second-order valence-electron chi connectivity index (χ2n) is 6.75. The summed E-state index contributed by atoms with van der Waals surface area (Å²) in [7, 11) is 0. The molecule has 2 atom stereocenters. The number of hydrogen-bond donors (Lipinski definition) is 1. The van der Waals surface area contributed by atoms with Crippen LogP contribution in [-0.2, 0) is 6.42 Å². The highest BCUT2D eigenvalue weighted by Gasteiger charge is 2.29. The van der Waals surface area contributed by atoms with Crippen LogP contribution in [0.25, 0.3) is 0 Å². The van der Waals surface area contributed by atoms with E-state index in [1.807, 2.05) is 0 Å². The predicted molar refractivity (Wildman–Crippen MR) is 93.1 cm³/mol. The molecule has 21 heavy (non-hydrogen) atoms. The van der Waals surface area contributed by atoms with Crippen molar-refractivity contribution in [1.29, 1.82) is 0 Å². The third kappa shape index (κ3) is 4.23. The van der Waals surface area contributed by atoms with Crippen LogP contribution in [0.4, 0.5) is 5.69 Å². The largest absolute Gasteiger partial charge is 0.365 e. The van der Waals surface area contributed by atoms with Crippen LogP contribution >= 0.6 is 0 Å². The van der Waals surface area contributed by atoms with Gasteiger partial charge in [0.15, 0.2) is 0 Å². The van der Waals surface area contributed by atoms with E-state index in [1.54, 1.807) is 0 Å². The summed E-state index contributed by atoms with van der Waals surface area (Å²) in [4.78, 5) is 2.62. The molecule has 0 bridgehead atoms. The van der Waals surface area contributed by atoms with Crippen LogP contribution in [0.1, 0.15) is 52.5 Å². The number of rotatable bonds is 6. The molecule has 1 fully saturated rings. The minimum Gasteiger partial charge on any atom is -0.365 e. The van der Waals surface area contributed by atoms with Gasteiger partial charge < -0.3 is 10.2 Å². The molecule has 1 aromatic carbocycles. The first-order chi connectivity index (χ1) is 10.2. The molecule has 2 heteroatoms. The zero-order valence-electron chi connectivity index (χ0n) is 14.2. The maximum Gasteiger partial charge on any atom is 0.0438 e. The van der Waals surface area contributed by atoms with Gasteiger partial charge in [-0.1, -0.05) is 46.2 Å². The second kappa shape index (κ2) is 7.84. The van der Waals surface area contributed by atoms with E-state index in [0.717, 1.165) is 13.1 Å². The zero-order valence-corrected chi connectivity index (χ0v) is 14.2. The summed E-state index contributed by atoms with van der Waals surface area (Å²) in [6.07, 6.45) is 4.98. The molecule has 1 aliphatic rings. The van der Waals surface area contributed by atoms with Gasteiger partial charge in [-0.2, -0.15) is 0 Å². The molecule has 0 saturated carbocycles. The van der Waals surface area contributed by atoms with Crippen LogP contribution in [0.5, 0.6) is 0 Å². The summed E-state index contributed by atoms with van der Waals surface area (Å²) in [6.45, 7) is 11.4. The highest BCUT2D eigenvalue weighted by atomic mass is 15.2. The Labute approximate surface area is 130 Å². The molecule has 1 saturated heterocycles. The number of aryl methyl sites for hydroxylation is 1. The van der Waals surface area contributed by atoms with Crippen molar-refractivity contribution in [3.8, 4) is 0 Å². The number of nitrogens with zero attached hydrogens (tertiary/aromatic N) is 1. The highest BCUT2D eigenvalue weighted by Crippen LogP contribution is 2.25. The highest BCUT2D eigenvalue weighted by molar-refractivity contribution is 5.49. The van der Waals surface area contributed by atoms with Crippen molar-refractivity contribution in [2.75, 3.05) is 18.0 Å². The molecule has 0 aromatic heterocycles. The van der Waals surface area contributed by atoms with Gasteiger partial charge >= 0.3 is 0 Å². The third-order valence-electron chi connectivity index (χ3n) is 4.78. The van der Waals surface area contributed by atoms with Crippen molar-refractivity contribution in [2.24, 2.45) is 5.92 Å². The maximum atomic E-state index is 3.70. The van der Waals surface area contributed by atoms with E-state index in [2.05, 4.69) is 62.2 Å². The Bertz CT molecular complexity index is 410. The van der Waals surface area contributed by atoms with E-state index in [1.165, 1.54) is 36.9 Å². The average Bonchev–Trinajstić information content (AvgIpc) is 2.52. The Kier molecular flexibility index (Phi) is 6.10. The number of hydrogen-bond acceptors (Lipinski definition) is 2. The molecule has 0 aliphatic carbocycles. The van der Waals surface area contributed by atoms with E-state index in [0.29, 0.717) is 18.0 Å². The number of nitrogens with one attached hydrogen (secondary N) is 1. The topological polar surface area (TPSA) is 15.3 Å². The number of piperazine rings is 1. The average molecular weight is 288 g/mol. The molecular weight excluding hydrogens is 256 g/mol. The smallest absolute Gasteiger partial charge is 0.0438 e. The van der Waals surface area contributed by atoms with Crippen molar-refractivity contribution in [2.45, 2.75) is 65.5 Å². The van der Waals surface area contributed by atoms with E-state index in [4.69, 9.17) is 0 Å². The van der Waals surface area contributed by atoms with Crippen molar-refractivity contribution in [3.63, 3.8) is 0 Å². The lowest BCUT2D eigenvalue weighted by atomic mass is 9.96. The fourth-order valence-electron chi connectivity index (χ4n) is 3.24. The normalized spacial score (nSPS) is 22.8. The van der Waals surface area contributed by atoms with Gasteiger partial charge in [-0.15, -0.1) is 0 Å². The van der Waals surface area contributed by atoms with Crippen LogP contribution in [0.2, 0.25) is 0 Å². The molecule has 2 nitrogen and oxygen atoms in total. The van der Waals surface area contributed by atoms with Gasteiger partial charge in [-0.05, 0) is 42.9 Å². The summed E-state index contributed by atoms with van der Waals surface area (Å²) < 4.78 is 0. The Balaban J connectivity index is 2.11. The van der Waals surface area contributed by atoms with Crippen molar-refractivity contribution < 1.29 is 0 Å². The molecular formula is C19H32N2. The van der Waals surface area contributed by atoms with E-state index < -0.39 is 0 Å². The first-order valence-corrected chi connectivity index (χ1v) is 8.74. The van der Waals surface area contributed by atoms with Crippen LogP contribution < -0.4 is 10.2 Å². The first-order valence-electron chi connectivity index (χ1n) is 8.74. The molecule has 0 amide bonds. The van der Waals surface area contributed by atoms with Gasteiger partial charge in [0.2, 0.25) is 0 Å². The lowest BCUT2D eigenvalue weighted by molar-refractivity contribution is 0.333. The fraction of sp³-hybridized carbons (Fsp3) is 0.684. The van der Waals surface area contributed by atoms with Gasteiger partial charge in [-0.25, -0.2) is 0 Å². The summed E-state index contributed by atoms with van der Waals surface area (Å²) in [5.41, 5.74) is 2.87. The van der Waals surface area contributed by atoms with Crippen LogP contribution in [0, 0.1) is 5.92 Å². The van der Waals surface area contributed by atoms with Gasteiger partial charge in [0.1, 0.15) is 0 Å². The Hall–Kier alpha value is -1.02. The molecule has 0 spiro atoms. The van der Waals surface area contributed by atoms with Gasteiger partial charge in [0.25, 0.3) is 0 Å². The molecule has 118 valence electrons. The standard InChI is InChI=1S/C19H32N2/c1-5-7-8-16-9-11-18(12-10-16)21-14-17(6-2)20-13-19(21)15(3)4/h9-12,15,17,19-20H,5-8,13-14H2,1-4H3. The van der Waals surface area contributed by atoms with Crippen molar-refractivity contribution in [1.82, 2.24) is 5.32 Å². The predicted octanol–water partition coefficient (Wildman–Crippen LogP) is 4.24. The lowest BCUT2D eigenvalue weighted by Gasteiger charge is -2.44. The number of anilines is 1. The molecule has 0 radical (unpaired) electrons. The first kappa shape index (κ1) is 16.4. The summed E-state index contributed by atoms with van der Waals surface area (Å²) in [5.74, 6) is 0.676. The quantitative estimate of drug-likeness (QED) is 0.842. The minimum atomic E-state index is 0.606. The van der Waals surface area contributed by atoms with Crippen LogP contribution in [0.15, 0.2) is 24.3 Å². The number of benzene rings is 1. The molecule has 1 N–H and O–H groups in total. The maximum absolute atomic E-state index is 3.70. The molecule has 1 heterocycles. The summed E-state index contributed by atoms with van der Waals surface area (Å²) in [6, 6.07) is 10.5. The van der Waals surface area contributed by atoms with E-state index in [9.17, 15) is 0 Å². The third-order valence-corrected chi connectivity index (χ3v) is 4.78. The molecule has 2 rings (SSSR count). The second-order valence-corrected chi connectivity index (χ2v) is 6.75. The van der Waals surface area contributed by atoms with Crippen molar-refractivity contribution in [3.05, 3.63) is 29.8 Å². The van der Waals surface area contributed by atoms with Gasteiger partial charge in [-0.3, -0.25) is 0 Å². The molecule has 1 aliphatic heterocycles. The zero-order chi connectivity index (χ0) is 15.2. The minimum absolute atomic E-state index is 0.606. The fourth-order valence-corrected chi connectivity index (χ4v) is 3.24. The number of unbranched alkanes of at least 4 members (excludes halogenated alkanes) is 1. The van der Waals surface area contributed by atoms with Crippen LogP contribution in [-0.4, -0.2) is 25.2 Å². The van der Waals surface area contributed by atoms with E-state index in [-0.39, 0.29) is 0 Å². The van der Waals surface area contributed by atoms with Crippen LogP contribution in [0.3, 0.4) is 0 Å². The lowest BCUT2D eigenvalue weighted by Crippen LogP contribution is -2.58. The summed E-state index contributed by atoms with van der Waals surface area (Å²) in [5, 5.41) is 3.70. The van der Waals surface area contributed by atoms with Crippen molar-refractivity contribution >= 4 is 5.69 Å². The monoisotopic (exact) mass is 288 g/mol. The molecule has 1 aromatic rings.